The Bertz CT molecular complexity index is 1570. The van der Waals surface area contributed by atoms with E-state index in [9.17, 15) is 31.5 Å². The summed E-state index contributed by atoms with van der Waals surface area (Å²) in [6.07, 6.45) is -1.19. The number of carbonyl (C=O) groups excluding carboxylic acids is 2. The zero-order chi connectivity index (χ0) is 40.3. The summed E-state index contributed by atoms with van der Waals surface area (Å²) in [5, 5.41) is 14.8. The van der Waals surface area contributed by atoms with Crippen molar-refractivity contribution in [3.63, 3.8) is 0 Å². The van der Waals surface area contributed by atoms with E-state index in [1.807, 2.05) is 41.5 Å². The quantitative estimate of drug-likeness (QED) is 0.160. The average Bonchev–Trinajstić information content (AvgIpc) is 2.98. The molecular formula is C36H59ClN4O9S2. The third-order valence-corrected chi connectivity index (χ3v) is 10.6. The predicted octanol–water partition coefficient (Wildman–Crippen LogP) is 6.04. The first-order valence-electron chi connectivity index (χ1n) is 16.8. The molecule has 5 N–H and O–H groups in total. The van der Waals surface area contributed by atoms with E-state index < -0.39 is 60.9 Å². The second-order valence-electron chi connectivity index (χ2n) is 16.3. The fourth-order valence-corrected chi connectivity index (χ4v) is 7.24. The zero-order valence-corrected chi connectivity index (χ0v) is 34.9. The topological polar surface area (TPSA) is 189 Å². The van der Waals surface area contributed by atoms with Gasteiger partial charge in [0.1, 0.15) is 11.2 Å². The van der Waals surface area contributed by atoms with E-state index in [2.05, 4.69) is 20.1 Å². The van der Waals surface area contributed by atoms with E-state index in [-0.39, 0.29) is 40.8 Å². The summed E-state index contributed by atoms with van der Waals surface area (Å²) in [5.74, 6) is 0.0932. The Hall–Kier alpha value is -2.95. The molecule has 2 atom stereocenters. The van der Waals surface area contributed by atoms with E-state index in [4.69, 9.17) is 21.1 Å². The van der Waals surface area contributed by atoms with Gasteiger partial charge in [-0.2, -0.15) is 0 Å². The number of carbonyl (C=O) groups is 2. The number of amides is 2. The van der Waals surface area contributed by atoms with Crippen LogP contribution < -0.4 is 20.1 Å². The van der Waals surface area contributed by atoms with Gasteiger partial charge in [-0.1, -0.05) is 77.9 Å². The Balaban J connectivity index is 0.000000520. The minimum absolute atomic E-state index is 0.00909. The number of nitrogens with one attached hydrogen (secondary N) is 4. The molecule has 0 fully saturated rings. The highest BCUT2D eigenvalue weighted by atomic mass is 35.5. The van der Waals surface area contributed by atoms with Gasteiger partial charge in [0.15, 0.2) is 0 Å². The number of aliphatic hydroxyl groups excluding tert-OH is 1. The summed E-state index contributed by atoms with van der Waals surface area (Å²) in [5.41, 5.74) is -1.24. The lowest BCUT2D eigenvalue weighted by molar-refractivity contribution is 0.0456. The molecule has 0 unspecified atom stereocenters. The van der Waals surface area contributed by atoms with Crippen molar-refractivity contribution in [2.45, 2.75) is 129 Å². The van der Waals surface area contributed by atoms with Crippen LogP contribution in [0.2, 0.25) is 0 Å². The minimum atomic E-state index is -3.83. The van der Waals surface area contributed by atoms with Gasteiger partial charge in [-0.15, -0.1) is 11.6 Å². The molecule has 0 radical (unpaired) electrons. The maximum Gasteiger partial charge on any atom is 0.407 e. The molecule has 0 saturated heterocycles. The molecule has 0 heterocycles. The van der Waals surface area contributed by atoms with Gasteiger partial charge in [0.05, 0.1) is 28.5 Å². The lowest BCUT2D eigenvalue weighted by atomic mass is 9.87. The van der Waals surface area contributed by atoms with Crippen LogP contribution in [0.1, 0.15) is 94.2 Å². The van der Waals surface area contributed by atoms with E-state index in [0.29, 0.717) is 11.1 Å². The Morgan fingerprint density at radius 2 is 0.962 bits per heavy atom. The molecule has 0 aliphatic heterocycles. The van der Waals surface area contributed by atoms with Crippen molar-refractivity contribution in [2.24, 2.45) is 10.8 Å². The fourth-order valence-electron chi connectivity index (χ4n) is 4.36. The van der Waals surface area contributed by atoms with Gasteiger partial charge in [-0.05, 0) is 75.6 Å². The van der Waals surface area contributed by atoms with Crippen molar-refractivity contribution >= 4 is 43.8 Å². The Morgan fingerprint density at radius 3 is 1.27 bits per heavy atom. The molecule has 296 valence electrons. The molecule has 0 aromatic heterocycles. The minimum Gasteiger partial charge on any atom is -0.444 e. The molecule has 13 nitrogen and oxygen atoms in total. The monoisotopic (exact) mass is 790 g/mol. The number of rotatable bonds is 12. The Kier molecular flexibility index (Phi) is 17.1. The maximum atomic E-state index is 12.6. The molecule has 2 aromatic carbocycles. The molecular weight excluding hydrogens is 732 g/mol. The molecule has 2 amide bonds. The molecule has 0 aliphatic rings. The van der Waals surface area contributed by atoms with Crippen molar-refractivity contribution in [3.05, 3.63) is 59.7 Å². The summed E-state index contributed by atoms with van der Waals surface area (Å²) < 4.78 is 66.1. The van der Waals surface area contributed by atoms with Crippen LogP contribution in [0.25, 0.3) is 0 Å². The second kappa shape index (κ2) is 18.9. The van der Waals surface area contributed by atoms with E-state index in [1.165, 1.54) is 12.1 Å². The summed E-state index contributed by atoms with van der Waals surface area (Å²) in [4.78, 5) is 24.3. The first kappa shape index (κ1) is 47.1. The Labute approximate surface area is 316 Å². The first-order valence-corrected chi connectivity index (χ1v) is 20.3. The predicted molar refractivity (Wildman–Crippen MR) is 204 cm³/mol. The summed E-state index contributed by atoms with van der Waals surface area (Å²) in [6, 6.07) is 11.8. The molecule has 2 rings (SSSR count). The Morgan fingerprint density at radius 1 is 0.635 bits per heavy atom. The van der Waals surface area contributed by atoms with Crippen LogP contribution in [0.15, 0.2) is 58.3 Å². The maximum absolute atomic E-state index is 12.6. The van der Waals surface area contributed by atoms with Crippen molar-refractivity contribution in [1.29, 1.82) is 0 Å². The number of hydrogen-bond donors (Lipinski definition) is 5. The second-order valence-corrected chi connectivity index (χ2v) is 20.1. The molecule has 2 aromatic rings. The molecule has 52 heavy (non-hydrogen) atoms. The van der Waals surface area contributed by atoms with Gasteiger partial charge in [0, 0.05) is 19.0 Å². The zero-order valence-electron chi connectivity index (χ0n) is 32.5. The summed E-state index contributed by atoms with van der Waals surface area (Å²) in [6.45, 7) is 21.6. The number of alkyl halides is 1. The lowest BCUT2D eigenvalue weighted by Gasteiger charge is -2.32. The number of benzene rings is 2. The highest BCUT2D eigenvalue weighted by Crippen LogP contribution is 2.23. The average molecular weight is 791 g/mol. The number of sulfonamides is 2. The van der Waals surface area contributed by atoms with Crippen molar-refractivity contribution in [3.8, 4) is 0 Å². The van der Waals surface area contributed by atoms with Gasteiger partial charge >= 0.3 is 12.2 Å². The number of aliphatic hydroxyl groups is 1. The number of halogens is 1. The molecule has 0 bridgehead atoms. The fraction of sp³-hybridized carbons (Fsp3) is 0.611. The van der Waals surface area contributed by atoms with Crippen LogP contribution in [0, 0.1) is 10.8 Å². The van der Waals surface area contributed by atoms with Gasteiger partial charge in [0.25, 0.3) is 0 Å². The van der Waals surface area contributed by atoms with Crippen molar-refractivity contribution in [1.82, 2.24) is 20.1 Å². The standard InChI is InChI=1S/C18H29ClN2O4S.C18H30N2O5S/c1-17(2,3)15(21-16(22)25-18(4,5)6)12-20-26(23,24)14-10-8-7-9-13(14)11-19;1-17(2,3)15(20-16(22)25-18(4,5)6)11-19-26(23,24)14-10-8-7-9-13(14)12-21/h7-10,15,20H,11-12H2,1-6H3,(H,21,22);7-10,15,19,21H,11-12H2,1-6H3,(H,20,22)/t2*15-/m11/s1. The van der Waals surface area contributed by atoms with Crippen LogP contribution in [-0.4, -0.2) is 70.5 Å². The van der Waals surface area contributed by atoms with Gasteiger partial charge < -0.3 is 25.2 Å². The van der Waals surface area contributed by atoms with E-state index >= 15 is 0 Å². The van der Waals surface area contributed by atoms with Crippen LogP contribution in [0.3, 0.4) is 0 Å². The third kappa shape index (κ3) is 16.8. The molecule has 0 spiro atoms. The number of alkyl carbamates (subject to hydrolysis) is 2. The van der Waals surface area contributed by atoms with Crippen LogP contribution in [-0.2, 0) is 42.0 Å². The number of ether oxygens (including phenoxy) is 2. The van der Waals surface area contributed by atoms with Gasteiger partial charge in [-0.3, -0.25) is 0 Å². The SMILES string of the molecule is CC(C)(C)OC(=O)N[C@H](CNS(=O)(=O)c1ccccc1CCl)C(C)(C)C.CC(C)(C)OC(=O)N[C@H](CNS(=O)(=O)c1ccccc1CO)C(C)(C)C. The van der Waals surface area contributed by atoms with Gasteiger partial charge in [0.2, 0.25) is 20.0 Å². The lowest BCUT2D eigenvalue weighted by Crippen LogP contribution is -2.51. The molecule has 0 aliphatic carbocycles. The summed E-state index contributed by atoms with van der Waals surface area (Å²) in [7, 11) is -7.59. The molecule has 16 heteroatoms. The van der Waals surface area contributed by atoms with Crippen LogP contribution in [0.4, 0.5) is 9.59 Å². The van der Waals surface area contributed by atoms with Crippen LogP contribution in [0.5, 0.6) is 0 Å². The van der Waals surface area contributed by atoms with E-state index in [0.717, 1.165) is 0 Å². The molecule has 0 saturated carbocycles. The van der Waals surface area contributed by atoms with Gasteiger partial charge in [-0.25, -0.2) is 35.9 Å². The third-order valence-electron chi connectivity index (χ3n) is 7.27. The van der Waals surface area contributed by atoms with E-state index in [1.54, 1.807) is 77.9 Å². The van der Waals surface area contributed by atoms with Crippen LogP contribution >= 0.6 is 11.6 Å². The first-order chi connectivity index (χ1) is 23.5. The van der Waals surface area contributed by atoms with Crippen molar-refractivity contribution in [2.75, 3.05) is 13.1 Å². The smallest absolute Gasteiger partial charge is 0.407 e. The summed E-state index contributed by atoms with van der Waals surface area (Å²) >= 11 is 5.84. The normalized spacial score (nSPS) is 14.0. The largest absolute Gasteiger partial charge is 0.444 e. The van der Waals surface area contributed by atoms with Crippen molar-refractivity contribution < 1.29 is 41.0 Å². The highest BCUT2D eigenvalue weighted by Gasteiger charge is 2.32. The number of hydrogen-bond acceptors (Lipinski definition) is 9. The highest BCUT2D eigenvalue weighted by molar-refractivity contribution is 7.89.